The van der Waals surface area contributed by atoms with E-state index in [1.807, 2.05) is 0 Å². The number of aromatic nitrogens is 2. The first-order chi connectivity index (χ1) is 11.3. The summed E-state index contributed by atoms with van der Waals surface area (Å²) in [5, 5.41) is 9.85. The first-order valence-electron chi connectivity index (χ1n) is 7.30. The number of nitrogens with one attached hydrogen (secondary N) is 2. The summed E-state index contributed by atoms with van der Waals surface area (Å²) in [6.45, 7) is -0.379. The minimum atomic E-state index is -4.30. The van der Waals surface area contributed by atoms with Gasteiger partial charge in [0, 0.05) is 31.9 Å². The highest BCUT2D eigenvalue weighted by Crippen LogP contribution is 2.19. The van der Waals surface area contributed by atoms with Gasteiger partial charge in [-0.2, -0.15) is 18.3 Å². The van der Waals surface area contributed by atoms with Gasteiger partial charge in [-0.1, -0.05) is 18.2 Å². The zero-order chi connectivity index (χ0) is 17.7. The molecule has 0 saturated carbocycles. The number of H-pyrrole nitrogens is 1. The van der Waals surface area contributed by atoms with Crippen molar-refractivity contribution in [2.45, 2.75) is 19.0 Å². The molecule has 1 aromatic carbocycles. The molecule has 0 radical (unpaired) electrons. The van der Waals surface area contributed by atoms with E-state index in [4.69, 9.17) is 0 Å². The van der Waals surface area contributed by atoms with E-state index in [0.29, 0.717) is 10.9 Å². The van der Waals surface area contributed by atoms with Gasteiger partial charge in [-0.3, -0.25) is 14.7 Å². The van der Waals surface area contributed by atoms with Crippen molar-refractivity contribution in [2.75, 3.05) is 20.1 Å². The lowest BCUT2D eigenvalue weighted by molar-refractivity contribution is -0.143. The van der Waals surface area contributed by atoms with Gasteiger partial charge in [-0.15, -0.1) is 0 Å². The van der Waals surface area contributed by atoms with E-state index in [2.05, 4.69) is 15.5 Å². The standard InChI is InChI=1S/C15H17F3N4O2/c1-22(9-7-15(16,17)18)12(23)6-8-19-14(24)13-10-4-2-3-5-11(10)20-21-13/h2-5H,6-9H2,1H3,(H,19,24)(H,20,21). The van der Waals surface area contributed by atoms with Crippen LogP contribution < -0.4 is 5.32 Å². The molecule has 0 unspecified atom stereocenters. The molecule has 0 saturated heterocycles. The van der Waals surface area contributed by atoms with Crippen LogP contribution in [0.4, 0.5) is 13.2 Å². The zero-order valence-electron chi connectivity index (χ0n) is 13.0. The second-order valence-corrected chi connectivity index (χ2v) is 5.30. The number of aromatic amines is 1. The Kier molecular flexibility index (Phi) is 5.42. The molecule has 2 amide bonds. The Morgan fingerprint density at radius 2 is 2.00 bits per heavy atom. The maximum atomic E-state index is 12.1. The summed E-state index contributed by atoms with van der Waals surface area (Å²) in [5.74, 6) is -0.912. The maximum Gasteiger partial charge on any atom is 0.390 e. The Morgan fingerprint density at radius 1 is 1.29 bits per heavy atom. The average molecular weight is 342 g/mol. The van der Waals surface area contributed by atoms with Gasteiger partial charge in [-0.25, -0.2) is 0 Å². The Morgan fingerprint density at radius 3 is 2.71 bits per heavy atom. The number of nitrogens with zero attached hydrogens (tertiary/aromatic N) is 2. The molecule has 0 bridgehead atoms. The topological polar surface area (TPSA) is 78.1 Å². The van der Waals surface area contributed by atoms with E-state index in [0.717, 1.165) is 4.90 Å². The van der Waals surface area contributed by atoms with E-state index in [-0.39, 0.29) is 18.7 Å². The van der Waals surface area contributed by atoms with Crippen LogP contribution in [0.3, 0.4) is 0 Å². The molecular formula is C15H17F3N4O2. The van der Waals surface area contributed by atoms with Gasteiger partial charge in [0.15, 0.2) is 5.69 Å². The second kappa shape index (κ2) is 7.33. The Hall–Kier alpha value is -2.58. The summed E-state index contributed by atoms with van der Waals surface area (Å²) in [5.41, 5.74) is 0.925. The molecule has 0 spiro atoms. The quantitative estimate of drug-likeness (QED) is 0.844. The molecule has 0 aliphatic carbocycles. The molecule has 0 aliphatic heterocycles. The van der Waals surface area contributed by atoms with E-state index in [1.54, 1.807) is 24.3 Å². The third-order valence-corrected chi connectivity index (χ3v) is 3.47. The number of fused-ring (bicyclic) bond motifs is 1. The van der Waals surface area contributed by atoms with Crippen molar-refractivity contribution in [3.63, 3.8) is 0 Å². The first-order valence-corrected chi connectivity index (χ1v) is 7.30. The number of carbonyl (C=O) groups is 2. The normalized spacial score (nSPS) is 11.5. The van der Waals surface area contributed by atoms with Crippen molar-refractivity contribution in [2.24, 2.45) is 0 Å². The van der Waals surface area contributed by atoms with Gasteiger partial charge in [-0.05, 0) is 6.07 Å². The summed E-state index contributed by atoms with van der Waals surface area (Å²) in [4.78, 5) is 24.8. The smallest absolute Gasteiger partial charge is 0.350 e. The fourth-order valence-corrected chi connectivity index (χ4v) is 2.11. The highest BCUT2D eigenvalue weighted by Gasteiger charge is 2.28. The highest BCUT2D eigenvalue weighted by molar-refractivity contribution is 6.04. The second-order valence-electron chi connectivity index (χ2n) is 5.30. The molecule has 130 valence electrons. The summed E-state index contributed by atoms with van der Waals surface area (Å²) in [6, 6.07) is 7.09. The number of rotatable bonds is 6. The molecule has 9 heteroatoms. The van der Waals surface area contributed by atoms with Crippen LogP contribution in [0.25, 0.3) is 10.9 Å². The number of alkyl halides is 3. The Bertz CT molecular complexity index is 727. The van der Waals surface area contributed by atoms with Crippen molar-refractivity contribution in [3.05, 3.63) is 30.0 Å². The van der Waals surface area contributed by atoms with E-state index in [1.165, 1.54) is 7.05 Å². The number of hydrogen-bond acceptors (Lipinski definition) is 3. The van der Waals surface area contributed by atoms with Crippen LogP contribution in [-0.2, 0) is 4.79 Å². The lowest BCUT2D eigenvalue weighted by atomic mass is 10.2. The van der Waals surface area contributed by atoms with Crippen LogP contribution in [0.15, 0.2) is 24.3 Å². The Balaban J connectivity index is 1.81. The number of carbonyl (C=O) groups excluding carboxylic acids is 2. The molecule has 0 aliphatic rings. The largest absolute Gasteiger partial charge is 0.390 e. The third-order valence-electron chi connectivity index (χ3n) is 3.47. The Labute approximate surface area is 136 Å². The van der Waals surface area contributed by atoms with Crippen molar-refractivity contribution < 1.29 is 22.8 Å². The SMILES string of the molecule is CN(CCC(F)(F)F)C(=O)CCNC(=O)c1n[nH]c2ccccc12. The molecule has 6 nitrogen and oxygen atoms in total. The predicted octanol–water partition coefficient (Wildman–Crippen LogP) is 2.09. The van der Waals surface area contributed by atoms with Crippen LogP contribution in [0, 0.1) is 0 Å². The third kappa shape index (κ3) is 4.71. The lowest BCUT2D eigenvalue weighted by Gasteiger charge is -2.18. The zero-order valence-corrected chi connectivity index (χ0v) is 13.0. The average Bonchev–Trinajstić information content (AvgIpc) is 2.95. The van der Waals surface area contributed by atoms with Crippen molar-refractivity contribution in [1.82, 2.24) is 20.4 Å². The summed E-state index contributed by atoms with van der Waals surface area (Å²) in [6.07, 6.45) is -5.44. The molecule has 0 atom stereocenters. The van der Waals surface area contributed by atoms with Crippen molar-refractivity contribution >= 4 is 22.7 Å². The molecule has 2 rings (SSSR count). The van der Waals surface area contributed by atoms with Crippen molar-refractivity contribution in [3.8, 4) is 0 Å². The lowest BCUT2D eigenvalue weighted by Crippen LogP contribution is -2.34. The monoisotopic (exact) mass is 342 g/mol. The van der Waals surface area contributed by atoms with Gasteiger partial charge in [0.2, 0.25) is 5.91 Å². The van der Waals surface area contributed by atoms with Crippen LogP contribution in [0.2, 0.25) is 0 Å². The molecule has 0 fully saturated rings. The summed E-state index contributed by atoms with van der Waals surface area (Å²) in [7, 11) is 1.30. The molecule has 1 heterocycles. The number of amides is 2. The highest BCUT2D eigenvalue weighted by atomic mass is 19.4. The van der Waals surface area contributed by atoms with Gasteiger partial charge in [0.1, 0.15) is 0 Å². The summed E-state index contributed by atoms with van der Waals surface area (Å²) >= 11 is 0. The number of halogens is 3. The molecular weight excluding hydrogens is 325 g/mol. The van der Waals surface area contributed by atoms with Gasteiger partial charge >= 0.3 is 6.18 Å². The number of hydrogen-bond donors (Lipinski definition) is 2. The van der Waals surface area contributed by atoms with Crippen molar-refractivity contribution in [1.29, 1.82) is 0 Å². The van der Waals surface area contributed by atoms with Crippen LogP contribution in [0.5, 0.6) is 0 Å². The van der Waals surface area contributed by atoms with Gasteiger partial charge < -0.3 is 10.2 Å². The minimum absolute atomic E-state index is 0.0230. The fourth-order valence-electron chi connectivity index (χ4n) is 2.11. The van der Waals surface area contributed by atoms with Gasteiger partial charge in [0.25, 0.3) is 5.91 Å². The van der Waals surface area contributed by atoms with E-state index >= 15 is 0 Å². The first kappa shape index (κ1) is 17.8. The maximum absolute atomic E-state index is 12.1. The fraction of sp³-hybridized carbons (Fsp3) is 0.400. The van der Waals surface area contributed by atoms with Crippen LogP contribution in [-0.4, -0.2) is 53.2 Å². The minimum Gasteiger partial charge on any atom is -0.350 e. The predicted molar refractivity (Wildman–Crippen MR) is 81.4 cm³/mol. The molecule has 2 N–H and O–H groups in total. The van der Waals surface area contributed by atoms with E-state index < -0.39 is 31.0 Å². The molecule has 2 aromatic rings. The molecule has 24 heavy (non-hydrogen) atoms. The molecule has 1 aromatic heterocycles. The van der Waals surface area contributed by atoms with Crippen LogP contribution in [0.1, 0.15) is 23.3 Å². The summed E-state index contributed by atoms with van der Waals surface area (Å²) < 4.78 is 36.4. The van der Waals surface area contributed by atoms with Crippen LogP contribution >= 0.6 is 0 Å². The number of para-hydroxylation sites is 1. The van der Waals surface area contributed by atoms with E-state index in [9.17, 15) is 22.8 Å². The van der Waals surface area contributed by atoms with Gasteiger partial charge in [0.05, 0.1) is 11.9 Å². The number of benzene rings is 1.